The van der Waals surface area contributed by atoms with Gasteiger partial charge in [-0.1, -0.05) is 0 Å². The van der Waals surface area contributed by atoms with Crippen LogP contribution < -0.4 is 5.73 Å². The third kappa shape index (κ3) is 2.26. The Labute approximate surface area is 99.8 Å². The number of amides is 1. The number of nitrogens with zero attached hydrogens (tertiary/aromatic N) is 2. The van der Waals surface area contributed by atoms with E-state index in [4.69, 9.17) is 10.8 Å². The number of nitrogen functional groups attached to an aromatic ring is 1. The summed E-state index contributed by atoms with van der Waals surface area (Å²) in [6, 6.07) is 0. The Morgan fingerprint density at radius 3 is 2.88 bits per heavy atom. The third-order valence-electron chi connectivity index (χ3n) is 3.06. The molecule has 0 radical (unpaired) electrons. The summed E-state index contributed by atoms with van der Waals surface area (Å²) in [5.74, 6) is 0.221. The van der Waals surface area contributed by atoms with Gasteiger partial charge >= 0.3 is 0 Å². The van der Waals surface area contributed by atoms with E-state index in [0.29, 0.717) is 24.7 Å². The van der Waals surface area contributed by atoms with Crippen LogP contribution in [0.2, 0.25) is 0 Å². The van der Waals surface area contributed by atoms with Crippen molar-refractivity contribution in [1.29, 1.82) is 0 Å². The molecule has 4 N–H and O–H groups in total. The molecule has 0 spiro atoms. The molecule has 0 aromatic carbocycles. The van der Waals surface area contributed by atoms with Gasteiger partial charge in [-0.05, 0) is 19.8 Å². The number of aliphatic hydroxyl groups excluding tert-OH is 1. The van der Waals surface area contributed by atoms with E-state index >= 15 is 0 Å². The number of nitrogens with two attached hydrogens (primary N) is 1. The largest absolute Gasteiger partial charge is 0.395 e. The number of aromatic nitrogens is 2. The summed E-state index contributed by atoms with van der Waals surface area (Å²) in [6.45, 7) is 2.64. The Morgan fingerprint density at radius 2 is 2.35 bits per heavy atom. The highest BCUT2D eigenvalue weighted by Crippen LogP contribution is 2.42. The van der Waals surface area contributed by atoms with E-state index in [1.165, 1.54) is 4.90 Å². The first-order valence-corrected chi connectivity index (χ1v) is 5.92. The molecule has 94 valence electrons. The number of anilines is 1. The van der Waals surface area contributed by atoms with E-state index in [1.54, 1.807) is 0 Å². The summed E-state index contributed by atoms with van der Waals surface area (Å²) in [5, 5.41) is 15.7. The van der Waals surface area contributed by atoms with Gasteiger partial charge in [-0.15, -0.1) is 0 Å². The summed E-state index contributed by atoms with van der Waals surface area (Å²) in [4.78, 5) is 13.6. The lowest BCUT2D eigenvalue weighted by atomic mass is 10.2. The summed E-state index contributed by atoms with van der Waals surface area (Å²) in [7, 11) is 0. The molecule has 0 saturated heterocycles. The molecular formula is C11H18N4O2. The van der Waals surface area contributed by atoms with E-state index in [-0.39, 0.29) is 18.2 Å². The number of nitrogens with one attached hydrogen (secondary N) is 1. The van der Waals surface area contributed by atoms with Gasteiger partial charge < -0.3 is 15.7 Å². The zero-order valence-electron chi connectivity index (χ0n) is 9.94. The van der Waals surface area contributed by atoms with Crippen LogP contribution >= 0.6 is 0 Å². The number of hydrogen-bond donors (Lipinski definition) is 3. The van der Waals surface area contributed by atoms with Gasteiger partial charge in [0.25, 0.3) is 5.91 Å². The minimum atomic E-state index is -0.220. The lowest BCUT2D eigenvalue weighted by molar-refractivity contribution is 0.0727. The Hall–Kier alpha value is -1.56. The summed E-state index contributed by atoms with van der Waals surface area (Å²) >= 11 is 0. The van der Waals surface area contributed by atoms with Crippen LogP contribution in [0.15, 0.2) is 0 Å². The zero-order valence-corrected chi connectivity index (χ0v) is 9.94. The Bertz CT molecular complexity index is 412. The minimum Gasteiger partial charge on any atom is -0.395 e. The second-order valence-corrected chi connectivity index (χ2v) is 4.28. The van der Waals surface area contributed by atoms with E-state index < -0.39 is 0 Å². The van der Waals surface area contributed by atoms with Gasteiger partial charge in [-0.2, -0.15) is 5.10 Å². The molecule has 6 nitrogen and oxygen atoms in total. The molecule has 1 saturated carbocycles. The highest BCUT2D eigenvalue weighted by molar-refractivity contribution is 5.97. The van der Waals surface area contributed by atoms with Crippen molar-refractivity contribution in [1.82, 2.24) is 15.1 Å². The van der Waals surface area contributed by atoms with Crippen LogP contribution in [0.5, 0.6) is 0 Å². The molecule has 0 unspecified atom stereocenters. The lowest BCUT2D eigenvalue weighted by Crippen LogP contribution is -2.34. The lowest BCUT2D eigenvalue weighted by Gasteiger charge is -2.18. The first kappa shape index (κ1) is 11.9. The minimum absolute atomic E-state index is 0.0562. The van der Waals surface area contributed by atoms with Crippen molar-refractivity contribution in [3.8, 4) is 0 Å². The number of H-pyrrole nitrogens is 1. The first-order valence-electron chi connectivity index (χ1n) is 5.92. The zero-order chi connectivity index (χ0) is 12.4. The second kappa shape index (κ2) is 4.75. The fraction of sp³-hybridized carbons (Fsp3) is 0.636. The maximum Gasteiger partial charge on any atom is 0.276 e. The van der Waals surface area contributed by atoms with Gasteiger partial charge in [-0.25, -0.2) is 0 Å². The molecule has 17 heavy (non-hydrogen) atoms. The smallest absolute Gasteiger partial charge is 0.276 e. The van der Waals surface area contributed by atoms with E-state index in [0.717, 1.165) is 18.5 Å². The number of carbonyl (C=O) groups excluding carboxylic acids is 1. The van der Waals surface area contributed by atoms with Gasteiger partial charge in [0.1, 0.15) is 0 Å². The normalized spacial score (nSPS) is 14.9. The van der Waals surface area contributed by atoms with Crippen LogP contribution in [-0.2, 0) is 0 Å². The predicted molar refractivity (Wildman–Crippen MR) is 63.6 cm³/mol. The standard InChI is InChI=1S/C11H18N4O2/c1-2-15(5-6-16)11(17)10-8(12)9(13-14-10)7-3-4-7/h7,16H,2-6,12H2,1H3,(H,13,14). The van der Waals surface area contributed by atoms with Gasteiger partial charge in [0.2, 0.25) is 0 Å². The molecule has 0 bridgehead atoms. The number of carbonyl (C=O) groups is 1. The van der Waals surface area contributed by atoms with Gasteiger partial charge in [-0.3, -0.25) is 9.89 Å². The summed E-state index contributed by atoms with van der Waals surface area (Å²) in [5.41, 5.74) is 7.56. The van der Waals surface area contributed by atoms with Crippen LogP contribution in [0, 0.1) is 0 Å². The summed E-state index contributed by atoms with van der Waals surface area (Å²) < 4.78 is 0. The fourth-order valence-corrected chi connectivity index (χ4v) is 1.88. The second-order valence-electron chi connectivity index (χ2n) is 4.28. The van der Waals surface area contributed by atoms with Crippen LogP contribution in [-0.4, -0.2) is 45.8 Å². The topological polar surface area (TPSA) is 95.2 Å². The van der Waals surface area contributed by atoms with E-state index in [2.05, 4.69) is 10.2 Å². The molecule has 0 atom stereocenters. The molecule has 1 aliphatic rings. The van der Waals surface area contributed by atoms with Gasteiger partial charge in [0.15, 0.2) is 5.69 Å². The molecule has 2 rings (SSSR count). The Morgan fingerprint density at radius 1 is 1.65 bits per heavy atom. The van der Waals surface area contributed by atoms with Crippen LogP contribution in [0.4, 0.5) is 5.69 Å². The molecule has 1 fully saturated rings. The first-order chi connectivity index (χ1) is 8.19. The highest BCUT2D eigenvalue weighted by Gasteiger charge is 2.31. The Kier molecular flexibility index (Phi) is 3.33. The van der Waals surface area contributed by atoms with Crippen molar-refractivity contribution < 1.29 is 9.90 Å². The third-order valence-corrected chi connectivity index (χ3v) is 3.06. The number of likely N-dealkylation sites (N-methyl/N-ethyl adjacent to an activating group) is 1. The summed E-state index contributed by atoms with van der Waals surface area (Å²) in [6.07, 6.45) is 2.21. The average Bonchev–Trinajstić information content (AvgIpc) is 3.09. The maximum atomic E-state index is 12.1. The average molecular weight is 238 g/mol. The number of aromatic amines is 1. The van der Waals surface area contributed by atoms with Crippen LogP contribution in [0.3, 0.4) is 0 Å². The van der Waals surface area contributed by atoms with Crippen molar-refractivity contribution in [3.63, 3.8) is 0 Å². The van der Waals surface area contributed by atoms with Crippen molar-refractivity contribution in [2.45, 2.75) is 25.7 Å². The Balaban J connectivity index is 2.17. The van der Waals surface area contributed by atoms with Crippen LogP contribution in [0.1, 0.15) is 41.9 Å². The molecule has 1 aromatic rings. The molecular weight excluding hydrogens is 220 g/mol. The van der Waals surface area contributed by atoms with Crippen molar-refractivity contribution in [2.24, 2.45) is 0 Å². The predicted octanol–water partition coefficient (Wildman–Crippen LogP) is 0.324. The number of rotatable bonds is 5. The molecule has 1 aliphatic carbocycles. The van der Waals surface area contributed by atoms with Crippen LogP contribution in [0.25, 0.3) is 0 Å². The molecule has 0 aliphatic heterocycles. The monoisotopic (exact) mass is 238 g/mol. The van der Waals surface area contributed by atoms with Gasteiger partial charge in [0, 0.05) is 19.0 Å². The quantitative estimate of drug-likeness (QED) is 0.688. The molecule has 1 heterocycles. The SMILES string of the molecule is CCN(CCO)C(=O)c1n[nH]c(C2CC2)c1N. The maximum absolute atomic E-state index is 12.1. The van der Waals surface area contributed by atoms with E-state index in [1.807, 2.05) is 6.92 Å². The van der Waals surface area contributed by atoms with Crippen molar-refractivity contribution in [2.75, 3.05) is 25.4 Å². The van der Waals surface area contributed by atoms with Gasteiger partial charge in [0.05, 0.1) is 18.0 Å². The highest BCUT2D eigenvalue weighted by atomic mass is 16.3. The van der Waals surface area contributed by atoms with Crippen molar-refractivity contribution >= 4 is 11.6 Å². The van der Waals surface area contributed by atoms with E-state index in [9.17, 15) is 4.79 Å². The fourth-order valence-electron chi connectivity index (χ4n) is 1.88. The number of hydrogen-bond acceptors (Lipinski definition) is 4. The van der Waals surface area contributed by atoms with Crippen molar-refractivity contribution in [3.05, 3.63) is 11.4 Å². The molecule has 6 heteroatoms. The number of aliphatic hydroxyl groups is 1. The molecule has 1 amide bonds. The molecule has 1 aromatic heterocycles.